The van der Waals surface area contributed by atoms with Crippen molar-refractivity contribution in [2.24, 2.45) is 46.3 Å². The number of hydrogen-bond donors (Lipinski definition) is 5. The van der Waals surface area contributed by atoms with Crippen LogP contribution in [-0.2, 0) is 19.0 Å². The maximum atomic E-state index is 12.5. The van der Waals surface area contributed by atoms with Gasteiger partial charge in [-0.05, 0) is 103 Å². The molecule has 0 radical (unpaired) electrons. The molecule has 0 aromatic carbocycles. The molecule has 9 nitrogen and oxygen atoms in total. The molecule has 1 aliphatic heterocycles. The molecule has 56 heavy (non-hydrogen) atoms. The van der Waals surface area contributed by atoms with E-state index in [-0.39, 0.29) is 47.4 Å². The van der Waals surface area contributed by atoms with Crippen molar-refractivity contribution in [2.75, 3.05) is 6.61 Å². The summed E-state index contributed by atoms with van der Waals surface area (Å²) < 4.78 is 17.8. The van der Waals surface area contributed by atoms with Gasteiger partial charge in [-0.1, -0.05) is 125 Å². The standard InChI is InChI=1S/C47H82O9/c1-7-8-9-10-11-12-13-14-15-16-17-21-38(48)54-29-37-41(50)43(52)44(53)45(56-37)55-32-24-26-47(6)35-25-27-46(5)33(31(4)20-18-19-30(2)3)22-23-34(46)39(35)42(51)40(49)36(47)28-32/h30-35,37,39,41-45,49-53H,7-29H2,1-6H3/t31-,32?,33-,34?,35?,37-,39?,41+,42?,43+,44+,45+,46-,47-/m1/s1. The van der Waals surface area contributed by atoms with Gasteiger partial charge in [-0.25, -0.2) is 0 Å². The van der Waals surface area contributed by atoms with Crippen molar-refractivity contribution in [3.8, 4) is 0 Å². The fourth-order valence-corrected chi connectivity index (χ4v) is 12.4. The zero-order valence-electron chi connectivity index (χ0n) is 36.1. The van der Waals surface area contributed by atoms with E-state index in [0.717, 1.165) is 56.4 Å². The third-order valence-electron chi connectivity index (χ3n) is 15.8. The van der Waals surface area contributed by atoms with Crippen LogP contribution in [0.1, 0.15) is 183 Å². The van der Waals surface area contributed by atoms with Crippen molar-refractivity contribution in [2.45, 2.75) is 226 Å². The van der Waals surface area contributed by atoms with Gasteiger partial charge in [0.2, 0.25) is 0 Å². The van der Waals surface area contributed by atoms with Crippen LogP contribution in [0.5, 0.6) is 0 Å². The van der Waals surface area contributed by atoms with Crippen LogP contribution in [0.3, 0.4) is 0 Å². The van der Waals surface area contributed by atoms with E-state index in [1.165, 1.54) is 77.0 Å². The lowest BCUT2D eigenvalue weighted by Gasteiger charge is -2.60. The SMILES string of the molecule is CCCCCCCCCCCCCC(=O)OC[C@H]1O[C@H](OC2CC[C@@]3(C)C(=C(O)C(O)C4C3CC[C@@]3(C)C4CC[C@@H]3[C@H](C)CCCC(C)C)C2)[C@@H](O)[C@@H](O)[C@H]1O. The van der Waals surface area contributed by atoms with Gasteiger partial charge in [0.25, 0.3) is 0 Å². The van der Waals surface area contributed by atoms with E-state index in [2.05, 4.69) is 41.5 Å². The number of aliphatic hydroxyl groups is 5. The maximum Gasteiger partial charge on any atom is 0.305 e. The molecule has 0 amide bonds. The second kappa shape index (κ2) is 20.8. The topological polar surface area (TPSA) is 146 Å². The Morgan fingerprint density at radius 1 is 0.786 bits per heavy atom. The van der Waals surface area contributed by atoms with E-state index in [4.69, 9.17) is 14.2 Å². The number of ether oxygens (including phenoxy) is 3. The van der Waals surface area contributed by atoms with Gasteiger partial charge in [0.05, 0.1) is 6.10 Å². The lowest BCUT2D eigenvalue weighted by molar-refractivity contribution is -0.313. The molecule has 0 aromatic heterocycles. The molecule has 5 rings (SSSR count). The zero-order chi connectivity index (χ0) is 40.6. The number of rotatable bonds is 21. The predicted molar refractivity (Wildman–Crippen MR) is 220 cm³/mol. The van der Waals surface area contributed by atoms with E-state index >= 15 is 0 Å². The highest BCUT2D eigenvalue weighted by atomic mass is 16.7. The summed E-state index contributed by atoms with van der Waals surface area (Å²) in [5.41, 5.74) is 0.759. The van der Waals surface area contributed by atoms with Crippen LogP contribution in [0.2, 0.25) is 0 Å². The molecule has 5 N–H and O–H groups in total. The smallest absolute Gasteiger partial charge is 0.305 e. The van der Waals surface area contributed by atoms with Crippen molar-refractivity contribution >= 4 is 5.97 Å². The quantitative estimate of drug-likeness (QED) is 0.0567. The van der Waals surface area contributed by atoms with Gasteiger partial charge in [-0.3, -0.25) is 4.79 Å². The zero-order valence-corrected chi connectivity index (χ0v) is 36.1. The highest BCUT2D eigenvalue weighted by molar-refractivity contribution is 5.69. The summed E-state index contributed by atoms with van der Waals surface area (Å²) in [5, 5.41) is 56.1. The Kier molecular flexibility index (Phi) is 17.1. The summed E-state index contributed by atoms with van der Waals surface area (Å²) in [6.45, 7) is 13.8. The van der Waals surface area contributed by atoms with Crippen molar-refractivity contribution in [3.05, 3.63) is 11.3 Å². The number of carbonyl (C=O) groups is 1. The molecule has 9 heteroatoms. The molecule has 0 aromatic rings. The van der Waals surface area contributed by atoms with Crippen LogP contribution >= 0.6 is 0 Å². The van der Waals surface area contributed by atoms with Crippen molar-refractivity contribution in [1.29, 1.82) is 0 Å². The summed E-state index contributed by atoms with van der Waals surface area (Å²) in [7, 11) is 0. The normalized spacial score (nSPS) is 38.9. The Balaban J connectivity index is 1.11. The average molecular weight is 791 g/mol. The molecule has 5 unspecified atom stereocenters. The largest absolute Gasteiger partial charge is 0.510 e. The van der Waals surface area contributed by atoms with Crippen LogP contribution < -0.4 is 0 Å². The van der Waals surface area contributed by atoms with Gasteiger partial charge in [0, 0.05) is 6.42 Å². The first-order valence-corrected chi connectivity index (χ1v) is 23.3. The maximum absolute atomic E-state index is 12.5. The average Bonchev–Trinajstić information content (AvgIpc) is 3.53. The van der Waals surface area contributed by atoms with Gasteiger partial charge in [-0.2, -0.15) is 0 Å². The van der Waals surface area contributed by atoms with Crippen LogP contribution in [-0.4, -0.2) is 81.0 Å². The minimum atomic E-state index is -1.53. The van der Waals surface area contributed by atoms with E-state index in [1.807, 2.05) is 0 Å². The summed E-state index contributed by atoms with van der Waals surface area (Å²) in [6.07, 6.45) is 15.4. The Labute approximate surface area is 339 Å². The number of unbranched alkanes of at least 4 members (excludes halogenated alkanes) is 10. The van der Waals surface area contributed by atoms with Crippen LogP contribution in [0.15, 0.2) is 11.3 Å². The summed E-state index contributed by atoms with van der Waals surface area (Å²) in [6, 6.07) is 0. The Hall–Kier alpha value is -1.23. The number of esters is 1. The molecule has 0 bridgehead atoms. The molecule has 1 saturated heterocycles. The molecular weight excluding hydrogens is 709 g/mol. The predicted octanol–water partition coefficient (Wildman–Crippen LogP) is 9.32. The first kappa shape index (κ1) is 45.8. The molecule has 5 aliphatic rings. The van der Waals surface area contributed by atoms with E-state index in [1.54, 1.807) is 0 Å². The molecule has 4 aliphatic carbocycles. The van der Waals surface area contributed by atoms with E-state index in [9.17, 15) is 30.3 Å². The molecule has 1 heterocycles. The third-order valence-corrected chi connectivity index (χ3v) is 15.8. The third kappa shape index (κ3) is 10.6. The minimum absolute atomic E-state index is 0.0336. The summed E-state index contributed by atoms with van der Waals surface area (Å²) in [4.78, 5) is 12.5. The fraction of sp³-hybridized carbons (Fsp3) is 0.936. The second-order valence-corrected chi connectivity index (χ2v) is 20.0. The molecule has 4 fully saturated rings. The van der Waals surface area contributed by atoms with E-state index < -0.39 is 42.9 Å². The number of aliphatic hydroxyl groups excluding tert-OH is 5. The number of carbonyl (C=O) groups excluding carboxylic acids is 1. The van der Waals surface area contributed by atoms with Crippen LogP contribution in [0.4, 0.5) is 0 Å². The van der Waals surface area contributed by atoms with Gasteiger partial charge in [0.15, 0.2) is 6.29 Å². The second-order valence-electron chi connectivity index (χ2n) is 20.0. The van der Waals surface area contributed by atoms with Crippen molar-refractivity contribution < 1.29 is 44.5 Å². The molecule has 14 atom stereocenters. The molecular formula is C47H82O9. The first-order valence-electron chi connectivity index (χ1n) is 23.3. The number of hydrogen-bond acceptors (Lipinski definition) is 9. The number of fused-ring (bicyclic) bond motifs is 5. The van der Waals surface area contributed by atoms with Gasteiger partial charge < -0.3 is 39.7 Å². The van der Waals surface area contributed by atoms with Crippen LogP contribution in [0, 0.1) is 46.3 Å². The van der Waals surface area contributed by atoms with Crippen molar-refractivity contribution in [1.82, 2.24) is 0 Å². The van der Waals surface area contributed by atoms with Crippen molar-refractivity contribution in [3.63, 3.8) is 0 Å². The lowest BCUT2D eigenvalue weighted by Crippen LogP contribution is -2.60. The molecule has 0 spiro atoms. The monoisotopic (exact) mass is 791 g/mol. The van der Waals surface area contributed by atoms with Gasteiger partial charge >= 0.3 is 5.97 Å². The fourth-order valence-electron chi connectivity index (χ4n) is 12.4. The minimum Gasteiger partial charge on any atom is -0.510 e. The highest BCUT2D eigenvalue weighted by Crippen LogP contribution is 2.68. The summed E-state index contributed by atoms with van der Waals surface area (Å²) in [5.74, 6) is 2.46. The Morgan fingerprint density at radius 2 is 1.45 bits per heavy atom. The summed E-state index contributed by atoms with van der Waals surface area (Å²) >= 11 is 0. The molecule has 3 saturated carbocycles. The highest BCUT2D eigenvalue weighted by Gasteiger charge is 2.63. The van der Waals surface area contributed by atoms with Crippen LogP contribution in [0.25, 0.3) is 0 Å². The lowest BCUT2D eigenvalue weighted by atomic mass is 9.46. The Bertz CT molecular complexity index is 1250. The first-order chi connectivity index (χ1) is 26.7. The van der Waals surface area contributed by atoms with Gasteiger partial charge in [0.1, 0.15) is 42.9 Å². The van der Waals surface area contributed by atoms with E-state index in [0.29, 0.717) is 30.6 Å². The van der Waals surface area contributed by atoms with Gasteiger partial charge in [-0.15, -0.1) is 0 Å². The molecule has 324 valence electrons. The Morgan fingerprint density at radius 3 is 2.11 bits per heavy atom.